The van der Waals surface area contributed by atoms with Crippen molar-refractivity contribution in [1.29, 1.82) is 0 Å². The molecule has 2 aromatic carbocycles. The van der Waals surface area contributed by atoms with E-state index in [-0.39, 0.29) is 0 Å². The molecule has 0 aliphatic carbocycles. The molecule has 1 heterocycles. The van der Waals surface area contributed by atoms with Crippen LogP contribution in [0, 0.1) is 0 Å². The summed E-state index contributed by atoms with van der Waals surface area (Å²) in [5.41, 5.74) is 2.89. The first-order valence-corrected chi connectivity index (χ1v) is 7.16. The van der Waals surface area contributed by atoms with Gasteiger partial charge in [-0.2, -0.15) is 0 Å². The number of benzene rings is 2. The molecule has 112 valence electrons. The number of methoxy groups -OCH3 is 2. The van der Waals surface area contributed by atoms with Gasteiger partial charge in [0.05, 0.1) is 25.5 Å². The minimum atomic E-state index is 0.585. The van der Waals surface area contributed by atoms with Crippen LogP contribution in [0.2, 0.25) is 5.02 Å². The van der Waals surface area contributed by atoms with Gasteiger partial charge in [-0.1, -0.05) is 35.9 Å². The third kappa shape index (κ3) is 2.68. The second kappa shape index (κ2) is 6.16. The maximum atomic E-state index is 6.21. The third-order valence-electron chi connectivity index (χ3n) is 3.45. The van der Waals surface area contributed by atoms with Gasteiger partial charge >= 0.3 is 0 Å². The Bertz CT molecular complexity index is 770. The van der Waals surface area contributed by atoms with Gasteiger partial charge in [0.25, 0.3) is 0 Å². The topological polar surface area (TPSA) is 31.6 Å². The molecule has 3 aromatic rings. The molecule has 0 aliphatic rings. The number of halogens is 1. The summed E-state index contributed by atoms with van der Waals surface area (Å²) in [5, 5.41) is 0.585. The van der Waals surface area contributed by atoms with Crippen LogP contribution in [0.15, 0.2) is 59.2 Å². The molecule has 0 amide bonds. The monoisotopic (exact) mass is 314 g/mol. The maximum absolute atomic E-state index is 6.21. The molecule has 0 unspecified atom stereocenters. The van der Waals surface area contributed by atoms with Gasteiger partial charge in [-0.05, 0) is 29.3 Å². The Balaban J connectivity index is 2.19. The van der Waals surface area contributed by atoms with Gasteiger partial charge in [-0.25, -0.2) is 0 Å². The molecule has 0 N–H and O–H groups in total. The lowest BCUT2D eigenvalue weighted by atomic mass is 9.97. The second-order valence-electron chi connectivity index (χ2n) is 4.74. The number of furan rings is 1. The van der Waals surface area contributed by atoms with Crippen molar-refractivity contribution in [3.63, 3.8) is 0 Å². The van der Waals surface area contributed by atoms with E-state index in [0.29, 0.717) is 10.8 Å². The van der Waals surface area contributed by atoms with Crippen molar-refractivity contribution < 1.29 is 13.9 Å². The fourth-order valence-corrected chi connectivity index (χ4v) is 2.58. The Morgan fingerprint density at radius 2 is 1.50 bits per heavy atom. The SMILES string of the molecule is COc1cc(OC)cc(-c2ccccc2-c2occc2Cl)c1. The summed E-state index contributed by atoms with van der Waals surface area (Å²) < 4.78 is 16.2. The first kappa shape index (κ1) is 14.5. The number of hydrogen-bond donors (Lipinski definition) is 0. The van der Waals surface area contributed by atoms with Crippen LogP contribution in [0.1, 0.15) is 0 Å². The van der Waals surface area contributed by atoms with Crippen LogP contribution in [0.3, 0.4) is 0 Å². The zero-order chi connectivity index (χ0) is 15.5. The second-order valence-corrected chi connectivity index (χ2v) is 5.15. The molecule has 0 spiro atoms. The van der Waals surface area contributed by atoms with Crippen molar-refractivity contribution in [3.8, 4) is 33.9 Å². The Morgan fingerprint density at radius 3 is 2.05 bits per heavy atom. The average Bonchev–Trinajstić information content (AvgIpc) is 3.00. The van der Waals surface area contributed by atoms with Crippen molar-refractivity contribution >= 4 is 11.6 Å². The van der Waals surface area contributed by atoms with Gasteiger partial charge in [-0.15, -0.1) is 0 Å². The van der Waals surface area contributed by atoms with Crippen LogP contribution in [0.25, 0.3) is 22.5 Å². The minimum absolute atomic E-state index is 0.585. The van der Waals surface area contributed by atoms with Gasteiger partial charge in [0, 0.05) is 11.6 Å². The first-order valence-electron chi connectivity index (χ1n) is 6.78. The summed E-state index contributed by atoms with van der Waals surface area (Å²) in [6.45, 7) is 0. The molecule has 4 heteroatoms. The molecular formula is C18H15ClO3. The molecular weight excluding hydrogens is 300 g/mol. The largest absolute Gasteiger partial charge is 0.497 e. The van der Waals surface area contributed by atoms with Crippen molar-refractivity contribution in [2.75, 3.05) is 14.2 Å². The molecule has 0 radical (unpaired) electrons. The highest BCUT2D eigenvalue weighted by Gasteiger charge is 2.14. The quantitative estimate of drug-likeness (QED) is 0.656. The van der Waals surface area contributed by atoms with Crippen LogP contribution in [-0.4, -0.2) is 14.2 Å². The van der Waals surface area contributed by atoms with Gasteiger partial charge < -0.3 is 13.9 Å². The van der Waals surface area contributed by atoms with Crippen LogP contribution < -0.4 is 9.47 Å². The summed E-state index contributed by atoms with van der Waals surface area (Å²) in [6, 6.07) is 15.4. The molecule has 22 heavy (non-hydrogen) atoms. The Hall–Kier alpha value is -2.39. The smallest absolute Gasteiger partial charge is 0.153 e. The van der Waals surface area contributed by atoms with E-state index in [4.69, 9.17) is 25.5 Å². The lowest BCUT2D eigenvalue weighted by molar-refractivity contribution is 0.394. The lowest BCUT2D eigenvalue weighted by Gasteiger charge is -2.11. The first-order chi connectivity index (χ1) is 10.7. The minimum Gasteiger partial charge on any atom is -0.497 e. The van der Waals surface area contributed by atoms with E-state index in [1.807, 2.05) is 42.5 Å². The standard InChI is InChI=1S/C18H15ClO3/c1-20-13-9-12(10-14(11-13)21-2)15-5-3-4-6-16(15)18-17(19)7-8-22-18/h3-11H,1-2H3. The fraction of sp³-hybridized carbons (Fsp3) is 0.111. The van der Waals surface area contributed by atoms with Gasteiger partial charge in [0.2, 0.25) is 0 Å². The lowest BCUT2D eigenvalue weighted by Crippen LogP contribution is -1.90. The summed E-state index contributed by atoms with van der Waals surface area (Å²) in [4.78, 5) is 0. The Morgan fingerprint density at radius 1 is 0.864 bits per heavy atom. The predicted octanol–water partition coefficient (Wildman–Crippen LogP) is 5.28. The van der Waals surface area contributed by atoms with Gasteiger partial charge in [-0.3, -0.25) is 0 Å². The molecule has 0 fully saturated rings. The van der Waals surface area contributed by atoms with Crippen molar-refractivity contribution in [2.45, 2.75) is 0 Å². The normalized spacial score (nSPS) is 10.5. The van der Waals surface area contributed by atoms with E-state index < -0.39 is 0 Å². The van der Waals surface area contributed by atoms with E-state index in [1.54, 1.807) is 26.5 Å². The number of hydrogen-bond acceptors (Lipinski definition) is 3. The molecule has 3 nitrogen and oxygen atoms in total. The Labute approximate surface area is 134 Å². The van der Waals surface area contributed by atoms with E-state index in [9.17, 15) is 0 Å². The molecule has 0 aliphatic heterocycles. The zero-order valence-corrected chi connectivity index (χ0v) is 13.1. The van der Waals surface area contributed by atoms with Crippen LogP contribution in [0.5, 0.6) is 11.5 Å². The van der Waals surface area contributed by atoms with Crippen molar-refractivity contribution in [1.82, 2.24) is 0 Å². The van der Waals surface area contributed by atoms with Crippen molar-refractivity contribution in [2.24, 2.45) is 0 Å². The van der Waals surface area contributed by atoms with Gasteiger partial charge in [0.1, 0.15) is 11.5 Å². The molecule has 0 atom stereocenters. The summed E-state index contributed by atoms with van der Waals surface area (Å²) in [7, 11) is 3.27. The van der Waals surface area contributed by atoms with E-state index in [0.717, 1.165) is 28.2 Å². The van der Waals surface area contributed by atoms with Crippen molar-refractivity contribution in [3.05, 3.63) is 59.8 Å². The summed E-state index contributed by atoms with van der Waals surface area (Å²) in [6.07, 6.45) is 1.58. The highest BCUT2D eigenvalue weighted by atomic mass is 35.5. The Kier molecular flexibility index (Phi) is 4.07. The van der Waals surface area contributed by atoms with E-state index in [2.05, 4.69) is 0 Å². The molecule has 0 bridgehead atoms. The van der Waals surface area contributed by atoms with Gasteiger partial charge in [0.15, 0.2) is 5.76 Å². The molecule has 0 saturated heterocycles. The summed E-state index contributed by atoms with van der Waals surface area (Å²) in [5.74, 6) is 2.11. The van der Waals surface area contributed by atoms with Crippen LogP contribution in [0.4, 0.5) is 0 Å². The van der Waals surface area contributed by atoms with E-state index >= 15 is 0 Å². The highest BCUT2D eigenvalue weighted by Crippen LogP contribution is 2.38. The predicted molar refractivity (Wildman–Crippen MR) is 87.7 cm³/mol. The zero-order valence-electron chi connectivity index (χ0n) is 12.3. The van der Waals surface area contributed by atoms with Crippen LogP contribution >= 0.6 is 11.6 Å². The molecule has 1 aromatic heterocycles. The molecule has 0 saturated carbocycles. The number of ether oxygens (including phenoxy) is 2. The van der Waals surface area contributed by atoms with Crippen LogP contribution in [-0.2, 0) is 0 Å². The third-order valence-corrected chi connectivity index (χ3v) is 3.75. The number of rotatable bonds is 4. The summed E-state index contributed by atoms with van der Waals surface area (Å²) >= 11 is 6.21. The van der Waals surface area contributed by atoms with E-state index in [1.165, 1.54) is 0 Å². The average molecular weight is 315 g/mol. The highest BCUT2D eigenvalue weighted by molar-refractivity contribution is 6.33. The molecule has 3 rings (SSSR count). The maximum Gasteiger partial charge on any atom is 0.153 e. The fourth-order valence-electron chi connectivity index (χ4n) is 2.38.